The number of carbonyl (C=O) groups excluding carboxylic acids is 1. The van der Waals surface area contributed by atoms with Gasteiger partial charge in [0.2, 0.25) is 5.91 Å². The van der Waals surface area contributed by atoms with Crippen molar-refractivity contribution in [3.05, 3.63) is 0 Å². The number of carbonyl (C=O) groups is 1. The normalized spacial score (nSPS) is 25.0. The molecule has 3 aliphatic rings. The fourth-order valence-electron chi connectivity index (χ4n) is 5.14. The van der Waals surface area contributed by atoms with Gasteiger partial charge in [0.1, 0.15) is 0 Å². The molecular formula is C19H37Cl2N3O2. The largest absolute Gasteiger partial charge is 0.379 e. The minimum atomic E-state index is 0. The lowest BCUT2D eigenvalue weighted by molar-refractivity contribution is -0.126. The number of nitrogens with zero attached hydrogens (tertiary/aromatic N) is 1. The van der Waals surface area contributed by atoms with E-state index in [1.165, 1.54) is 44.9 Å². The summed E-state index contributed by atoms with van der Waals surface area (Å²) in [5.41, 5.74) is 6.06. The Morgan fingerprint density at radius 2 is 1.69 bits per heavy atom. The van der Waals surface area contributed by atoms with Crippen molar-refractivity contribution in [1.82, 2.24) is 10.2 Å². The summed E-state index contributed by atoms with van der Waals surface area (Å²) in [4.78, 5) is 15.4. The van der Waals surface area contributed by atoms with Crippen molar-refractivity contribution in [3.8, 4) is 0 Å². The highest BCUT2D eigenvalue weighted by molar-refractivity contribution is 5.85. The Kier molecular flexibility index (Phi) is 10.8. The van der Waals surface area contributed by atoms with E-state index < -0.39 is 0 Å². The maximum Gasteiger partial charge on any atom is 0.222 e. The van der Waals surface area contributed by atoms with Crippen LogP contribution < -0.4 is 11.1 Å². The molecule has 1 unspecified atom stereocenters. The Bertz CT molecular complexity index is 408. The lowest BCUT2D eigenvalue weighted by Crippen LogP contribution is -2.55. The van der Waals surface area contributed by atoms with Gasteiger partial charge in [0, 0.05) is 37.6 Å². The Morgan fingerprint density at radius 1 is 1.08 bits per heavy atom. The minimum Gasteiger partial charge on any atom is -0.379 e. The second-order valence-electron chi connectivity index (χ2n) is 8.02. The topological polar surface area (TPSA) is 67.6 Å². The third kappa shape index (κ3) is 5.96. The summed E-state index contributed by atoms with van der Waals surface area (Å²) in [6.45, 7) is 4.11. The van der Waals surface area contributed by atoms with Gasteiger partial charge in [0.25, 0.3) is 0 Å². The molecule has 0 radical (unpaired) electrons. The van der Waals surface area contributed by atoms with Crippen molar-refractivity contribution >= 4 is 30.7 Å². The average molecular weight is 410 g/mol. The van der Waals surface area contributed by atoms with Gasteiger partial charge in [-0.05, 0) is 31.6 Å². The van der Waals surface area contributed by atoms with E-state index >= 15 is 0 Å². The molecule has 1 saturated heterocycles. The van der Waals surface area contributed by atoms with E-state index in [1.54, 1.807) is 0 Å². The molecule has 0 spiro atoms. The summed E-state index contributed by atoms with van der Waals surface area (Å²) < 4.78 is 5.51. The third-order valence-corrected chi connectivity index (χ3v) is 6.52. The molecule has 3 N–H and O–H groups in total. The molecule has 26 heavy (non-hydrogen) atoms. The second kappa shape index (κ2) is 11.7. The molecule has 0 aromatic carbocycles. The van der Waals surface area contributed by atoms with Gasteiger partial charge in [-0.25, -0.2) is 0 Å². The van der Waals surface area contributed by atoms with E-state index in [4.69, 9.17) is 10.5 Å². The number of hydrogen-bond acceptors (Lipinski definition) is 4. The highest BCUT2D eigenvalue weighted by atomic mass is 35.5. The Balaban J connectivity index is 0.00000169. The van der Waals surface area contributed by atoms with Gasteiger partial charge >= 0.3 is 0 Å². The molecule has 0 aromatic rings. The molecule has 1 amide bonds. The van der Waals surface area contributed by atoms with Crippen molar-refractivity contribution in [1.29, 1.82) is 0 Å². The van der Waals surface area contributed by atoms with E-state index in [9.17, 15) is 4.79 Å². The number of amides is 1. The molecule has 7 heteroatoms. The van der Waals surface area contributed by atoms with E-state index in [2.05, 4.69) is 10.2 Å². The average Bonchev–Trinajstić information content (AvgIpc) is 3.11. The molecule has 1 atom stereocenters. The van der Waals surface area contributed by atoms with Gasteiger partial charge in [0.15, 0.2) is 0 Å². The van der Waals surface area contributed by atoms with Gasteiger partial charge in [-0.15, -0.1) is 24.8 Å². The molecule has 1 aliphatic heterocycles. The first-order chi connectivity index (χ1) is 11.7. The summed E-state index contributed by atoms with van der Waals surface area (Å²) in [6, 6.07) is 0.168. The van der Waals surface area contributed by atoms with Crippen LogP contribution >= 0.6 is 24.8 Å². The van der Waals surface area contributed by atoms with Crippen LogP contribution in [0.2, 0.25) is 0 Å². The van der Waals surface area contributed by atoms with Crippen LogP contribution in [-0.2, 0) is 9.53 Å². The maximum atomic E-state index is 12.8. The molecule has 3 fully saturated rings. The Hall–Kier alpha value is -0.0700. The lowest BCUT2D eigenvalue weighted by Gasteiger charge is -2.43. The Labute approximate surface area is 171 Å². The van der Waals surface area contributed by atoms with Crippen LogP contribution in [0.25, 0.3) is 0 Å². The summed E-state index contributed by atoms with van der Waals surface area (Å²) in [5, 5.41) is 3.31. The van der Waals surface area contributed by atoms with E-state index in [-0.39, 0.29) is 42.3 Å². The molecule has 1 heterocycles. The van der Waals surface area contributed by atoms with Crippen LogP contribution in [0, 0.1) is 5.92 Å². The van der Waals surface area contributed by atoms with Crippen molar-refractivity contribution in [2.75, 3.05) is 32.8 Å². The SMILES string of the molecule is Cl.Cl.NCC(NC(=O)CC1(N2CCOCC2)CCCC1)C1CCCCC1. The standard InChI is InChI=1S/C19H35N3O2.2ClH/c20-15-17(16-6-2-1-3-7-16)21-18(23)14-19(8-4-5-9-19)22-10-12-24-13-11-22;;/h16-17H,1-15,20H2,(H,21,23);2*1H. The molecule has 0 bridgehead atoms. The first-order valence-corrected chi connectivity index (χ1v) is 10.1. The summed E-state index contributed by atoms with van der Waals surface area (Å²) in [6.07, 6.45) is 11.8. The molecule has 5 nitrogen and oxygen atoms in total. The van der Waals surface area contributed by atoms with Crippen LogP contribution in [0.15, 0.2) is 0 Å². The van der Waals surface area contributed by atoms with E-state index in [0.29, 0.717) is 18.9 Å². The van der Waals surface area contributed by atoms with Gasteiger partial charge < -0.3 is 15.8 Å². The number of halogens is 2. The van der Waals surface area contributed by atoms with E-state index in [0.717, 1.165) is 39.1 Å². The summed E-state index contributed by atoms with van der Waals surface area (Å²) in [5.74, 6) is 0.792. The molecule has 0 aromatic heterocycles. The Morgan fingerprint density at radius 3 is 2.27 bits per heavy atom. The predicted octanol–water partition coefficient (Wildman–Crippen LogP) is 2.89. The van der Waals surface area contributed by atoms with Crippen LogP contribution in [-0.4, -0.2) is 55.2 Å². The second-order valence-corrected chi connectivity index (χ2v) is 8.02. The number of nitrogens with one attached hydrogen (secondary N) is 1. The molecule has 2 aliphatic carbocycles. The van der Waals surface area contributed by atoms with Crippen LogP contribution in [0.5, 0.6) is 0 Å². The smallest absolute Gasteiger partial charge is 0.222 e. The number of ether oxygens (including phenoxy) is 1. The van der Waals surface area contributed by atoms with Crippen molar-refractivity contribution in [2.45, 2.75) is 75.8 Å². The fourth-order valence-corrected chi connectivity index (χ4v) is 5.14. The molecular weight excluding hydrogens is 373 g/mol. The number of hydrogen-bond donors (Lipinski definition) is 2. The fraction of sp³-hybridized carbons (Fsp3) is 0.947. The maximum absolute atomic E-state index is 12.8. The van der Waals surface area contributed by atoms with Crippen LogP contribution in [0.1, 0.15) is 64.2 Å². The first kappa shape index (κ1) is 24.0. The van der Waals surface area contributed by atoms with Gasteiger partial charge in [-0.1, -0.05) is 32.1 Å². The molecule has 154 valence electrons. The lowest BCUT2D eigenvalue weighted by atomic mass is 9.83. The zero-order chi connectivity index (χ0) is 16.8. The van der Waals surface area contributed by atoms with E-state index in [1.807, 2.05) is 0 Å². The highest BCUT2D eigenvalue weighted by Crippen LogP contribution is 2.38. The summed E-state index contributed by atoms with van der Waals surface area (Å²) >= 11 is 0. The monoisotopic (exact) mass is 409 g/mol. The van der Waals surface area contributed by atoms with Crippen LogP contribution in [0.4, 0.5) is 0 Å². The quantitative estimate of drug-likeness (QED) is 0.707. The first-order valence-electron chi connectivity index (χ1n) is 10.1. The molecule has 3 rings (SSSR count). The zero-order valence-electron chi connectivity index (χ0n) is 15.9. The van der Waals surface area contributed by atoms with Gasteiger partial charge in [0.05, 0.1) is 13.2 Å². The van der Waals surface area contributed by atoms with Crippen molar-refractivity contribution in [3.63, 3.8) is 0 Å². The highest BCUT2D eigenvalue weighted by Gasteiger charge is 2.42. The number of morpholine rings is 1. The third-order valence-electron chi connectivity index (χ3n) is 6.52. The molecule has 2 saturated carbocycles. The van der Waals surface area contributed by atoms with Crippen LogP contribution in [0.3, 0.4) is 0 Å². The number of rotatable bonds is 6. The minimum absolute atomic E-state index is 0. The van der Waals surface area contributed by atoms with Gasteiger partial charge in [-0.3, -0.25) is 9.69 Å². The zero-order valence-corrected chi connectivity index (χ0v) is 17.6. The predicted molar refractivity (Wildman–Crippen MR) is 110 cm³/mol. The van der Waals surface area contributed by atoms with Crippen molar-refractivity contribution in [2.24, 2.45) is 11.7 Å². The summed E-state index contributed by atoms with van der Waals surface area (Å²) in [7, 11) is 0. The number of nitrogens with two attached hydrogens (primary N) is 1. The van der Waals surface area contributed by atoms with Gasteiger partial charge in [-0.2, -0.15) is 0 Å². The van der Waals surface area contributed by atoms with Crippen molar-refractivity contribution < 1.29 is 9.53 Å².